The lowest BCUT2D eigenvalue weighted by molar-refractivity contribution is 0.627. The maximum atomic E-state index is 8.36. The first-order chi connectivity index (χ1) is 6.14. The van der Waals surface area contributed by atoms with Gasteiger partial charge in [0, 0.05) is 11.5 Å². The average molecular weight is 171 g/mol. The van der Waals surface area contributed by atoms with E-state index in [0.29, 0.717) is 0 Å². The fraction of sp³-hybridized carbons (Fsp3) is 0.250. The van der Waals surface area contributed by atoms with Crippen LogP contribution in [0.4, 0.5) is 0 Å². The highest BCUT2D eigenvalue weighted by molar-refractivity contribution is 5.39. The summed E-state index contributed by atoms with van der Waals surface area (Å²) in [6.45, 7) is 4.29. The zero-order chi connectivity index (χ0) is 9.73. The zero-order valence-corrected chi connectivity index (χ0v) is 7.99. The van der Waals surface area contributed by atoms with Gasteiger partial charge in [-0.25, -0.2) is 0 Å². The van der Waals surface area contributed by atoms with Crippen molar-refractivity contribution in [3.8, 4) is 6.07 Å². The molecule has 1 nitrogen and oxygen atoms in total. The molecule has 0 unspecified atom stereocenters. The molecule has 1 aliphatic rings. The summed E-state index contributed by atoms with van der Waals surface area (Å²) in [7, 11) is 0. The molecule has 0 aromatic rings. The summed E-state index contributed by atoms with van der Waals surface area (Å²) < 4.78 is 0. The first-order valence-corrected chi connectivity index (χ1v) is 4.29. The van der Waals surface area contributed by atoms with Gasteiger partial charge >= 0.3 is 0 Å². The first-order valence-electron chi connectivity index (χ1n) is 4.29. The Balaban J connectivity index is 2.84. The van der Waals surface area contributed by atoms with E-state index in [9.17, 15) is 0 Å². The lowest BCUT2D eigenvalue weighted by Crippen LogP contribution is -2.00. The second kappa shape index (κ2) is 3.91. The Morgan fingerprint density at radius 2 is 2.15 bits per heavy atom. The van der Waals surface area contributed by atoms with Crippen molar-refractivity contribution < 1.29 is 0 Å². The van der Waals surface area contributed by atoms with E-state index in [1.54, 1.807) is 0 Å². The first kappa shape index (κ1) is 9.54. The molecular weight excluding hydrogens is 158 g/mol. The SMILES string of the molecule is CC1(C)C=CC=C(C=CC#N)C=C1. The molecule has 1 aliphatic carbocycles. The number of hydrogen-bond donors (Lipinski definition) is 0. The molecule has 1 rings (SSSR count). The highest BCUT2D eigenvalue weighted by atomic mass is 14.2. The van der Waals surface area contributed by atoms with Crippen LogP contribution in [0, 0.1) is 16.7 Å². The van der Waals surface area contributed by atoms with Crippen molar-refractivity contribution >= 4 is 0 Å². The number of nitriles is 1. The van der Waals surface area contributed by atoms with Gasteiger partial charge < -0.3 is 0 Å². The van der Waals surface area contributed by atoms with Crippen LogP contribution in [0.2, 0.25) is 0 Å². The van der Waals surface area contributed by atoms with Crippen molar-refractivity contribution in [1.29, 1.82) is 5.26 Å². The summed E-state index contributed by atoms with van der Waals surface area (Å²) in [6, 6.07) is 1.98. The second-order valence-electron chi connectivity index (χ2n) is 3.64. The standard InChI is InChI=1S/C12H13N/c1-12(2)8-3-5-11(7-9-12)6-4-10-13/h3-9H,1-2H3. The van der Waals surface area contributed by atoms with Crippen LogP contribution < -0.4 is 0 Å². The average Bonchev–Trinajstić information content (AvgIpc) is 2.23. The summed E-state index contributed by atoms with van der Waals surface area (Å²) in [6.07, 6.45) is 13.6. The molecule has 0 fully saturated rings. The van der Waals surface area contributed by atoms with Gasteiger partial charge in [0.2, 0.25) is 0 Å². The topological polar surface area (TPSA) is 23.8 Å². The molecule has 0 amide bonds. The Kier molecular flexibility index (Phi) is 2.87. The second-order valence-corrected chi connectivity index (χ2v) is 3.64. The quantitative estimate of drug-likeness (QED) is 0.556. The molecule has 0 aliphatic heterocycles. The maximum absolute atomic E-state index is 8.36. The van der Waals surface area contributed by atoms with Crippen molar-refractivity contribution in [1.82, 2.24) is 0 Å². The van der Waals surface area contributed by atoms with Crippen LogP contribution in [-0.4, -0.2) is 0 Å². The Morgan fingerprint density at radius 1 is 1.38 bits per heavy atom. The number of allylic oxidation sites excluding steroid dienone is 8. The fourth-order valence-corrected chi connectivity index (χ4v) is 1.07. The Bertz CT molecular complexity index is 333. The Hall–Kier alpha value is -1.55. The van der Waals surface area contributed by atoms with Crippen LogP contribution in [0.25, 0.3) is 0 Å². The van der Waals surface area contributed by atoms with E-state index >= 15 is 0 Å². The third kappa shape index (κ3) is 3.13. The van der Waals surface area contributed by atoms with Gasteiger partial charge in [0.05, 0.1) is 6.07 Å². The van der Waals surface area contributed by atoms with Crippen molar-refractivity contribution in [3.63, 3.8) is 0 Å². The van der Waals surface area contributed by atoms with Crippen LogP contribution in [-0.2, 0) is 0 Å². The molecule has 0 radical (unpaired) electrons. The maximum Gasteiger partial charge on any atom is 0.0912 e. The monoisotopic (exact) mass is 171 g/mol. The summed E-state index contributed by atoms with van der Waals surface area (Å²) in [5.74, 6) is 0. The number of hydrogen-bond acceptors (Lipinski definition) is 1. The molecule has 0 bridgehead atoms. The van der Waals surface area contributed by atoms with E-state index < -0.39 is 0 Å². The summed E-state index contributed by atoms with van der Waals surface area (Å²) in [4.78, 5) is 0. The van der Waals surface area contributed by atoms with E-state index in [0.717, 1.165) is 5.57 Å². The minimum atomic E-state index is 0.110. The van der Waals surface area contributed by atoms with Gasteiger partial charge in [-0.1, -0.05) is 44.2 Å². The van der Waals surface area contributed by atoms with E-state index in [1.807, 2.05) is 30.4 Å². The molecule has 1 heteroatoms. The molecule has 0 N–H and O–H groups in total. The fourth-order valence-electron chi connectivity index (χ4n) is 1.07. The highest BCUT2D eigenvalue weighted by Gasteiger charge is 2.09. The predicted octanol–water partition coefficient (Wildman–Crippen LogP) is 3.14. The molecule has 0 aromatic carbocycles. The largest absolute Gasteiger partial charge is 0.193 e. The van der Waals surface area contributed by atoms with E-state index in [4.69, 9.17) is 5.26 Å². The lowest BCUT2D eigenvalue weighted by atomic mass is 9.93. The lowest BCUT2D eigenvalue weighted by Gasteiger charge is -2.12. The van der Waals surface area contributed by atoms with Gasteiger partial charge in [-0.2, -0.15) is 5.26 Å². The molecule has 0 saturated carbocycles. The van der Waals surface area contributed by atoms with Crippen LogP contribution in [0.3, 0.4) is 0 Å². The van der Waals surface area contributed by atoms with Gasteiger partial charge in [0.25, 0.3) is 0 Å². The Labute approximate surface area is 79.4 Å². The molecule has 0 heterocycles. The minimum Gasteiger partial charge on any atom is -0.193 e. The van der Waals surface area contributed by atoms with E-state index in [-0.39, 0.29) is 5.41 Å². The van der Waals surface area contributed by atoms with Crippen LogP contribution >= 0.6 is 0 Å². The molecule has 0 spiro atoms. The van der Waals surface area contributed by atoms with Gasteiger partial charge in [-0.15, -0.1) is 0 Å². The molecular formula is C12H13N. The van der Waals surface area contributed by atoms with Crippen LogP contribution in [0.5, 0.6) is 0 Å². The van der Waals surface area contributed by atoms with E-state index in [2.05, 4.69) is 26.0 Å². The molecule has 13 heavy (non-hydrogen) atoms. The van der Waals surface area contributed by atoms with E-state index in [1.165, 1.54) is 6.08 Å². The van der Waals surface area contributed by atoms with Crippen LogP contribution in [0.15, 0.2) is 48.1 Å². The summed E-state index contributed by atoms with van der Waals surface area (Å²) >= 11 is 0. The summed E-state index contributed by atoms with van der Waals surface area (Å²) in [5.41, 5.74) is 1.17. The predicted molar refractivity (Wildman–Crippen MR) is 54.9 cm³/mol. The molecule has 0 aromatic heterocycles. The van der Waals surface area contributed by atoms with Crippen LogP contribution in [0.1, 0.15) is 13.8 Å². The summed E-state index contributed by atoms with van der Waals surface area (Å²) in [5, 5.41) is 8.36. The van der Waals surface area contributed by atoms with Gasteiger partial charge in [-0.3, -0.25) is 0 Å². The van der Waals surface area contributed by atoms with Gasteiger partial charge in [0.1, 0.15) is 0 Å². The number of rotatable bonds is 1. The number of nitrogens with zero attached hydrogens (tertiary/aromatic N) is 1. The van der Waals surface area contributed by atoms with Crippen molar-refractivity contribution in [2.45, 2.75) is 13.8 Å². The van der Waals surface area contributed by atoms with Crippen molar-refractivity contribution in [3.05, 3.63) is 48.1 Å². The van der Waals surface area contributed by atoms with Crippen molar-refractivity contribution in [2.24, 2.45) is 5.41 Å². The molecule has 0 atom stereocenters. The third-order valence-electron chi connectivity index (χ3n) is 1.87. The molecule has 0 saturated heterocycles. The zero-order valence-electron chi connectivity index (χ0n) is 7.99. The highest BCUT2D eigenvalue weighted by Crippen LogP contribution is 2.22. The normalized spacial score (nSPS) is 19.6. The Morgan fingerprint density at radius 3 is 2.85 bits per heavy atom. The van der Waals surface area contributed by atoms with Gasteiger partial charge in [0.15, 0.2) is 0 Å². The van der Waals surface area contributed by atoms with Gasteiger partial charge in [-0.05, 0) is 11.6 Å². The third-order valence-corrected chi connectivity index (χ3v) is 1.87. The van der Waals surface area contributed by atoms with Crippen molar-refractivity contribution in [2.75, 3.05) is 0 Å². The smallest absolute Gasteiger partial charge is 0.0912 e. The molecule has 66 valence electrons. The minimum absolute atomic E-state index is 0.110.